The molecule has 13 heavy (non-hydrogen) atoms. The topological polar surface area (TPSA) is 78.6 Å². The van der Waals surface area contributed by atoms with Crippen LogP contribution < -0.4 is 11.1 Å². The highest BCUT2D eigenvalue weighted by molar-refractivity contribution is 5.79. The summed E-state index contributed by atoms with van der Waals surface area (Å²) in [5.74, 6) is -0.440. The van der Waals surface area contributed by atoms with Crippen molar-refractivity contribution in [2.75, 3.05) is 32.8 Å². The molecule has 1 fully saturated rings. The van der Waals surface area contributed by atoms with E-state index in [0.717, 1.165) is 32.6 Å². The summed E-state index contributed by atoms with van der Waals surface area (Å²) in [6.07, 6.45) is 0.990. The lowest BCUT2D eigenvalue weighted by Gasteiger charge is -2.25. The van der Waals surface area contributed by atoms with Gasteiger partial charge in [-0.1, -0.05) is 0 Å². The number of hydrogen-bond donors (Lipinski definition) is 3. The summed E-state index contributed by atoms with van der Waals surface area (Å²) in [5, 5.41) is 12.2. The van der Waals surface area contributed by atoms with E-state index in [9.17, 15) is 4.79 Å². The maximum atomic E-state index is 10.9. The van der Waals surface area contributed by atoms with E-state index >= 15 is 0 Å². The molecule has 0 radical (unpaired) electrons. The first-order chi connectivity index (χ1) is 6.25. The molecule has 76 valence electrons. The third-order valence-corrected chi connectivity index (χ3v) is 2.32. The van der Waals surface area contributed by atoms with Crippen LogP contribution in [0.2, 0.25) is 0 Å². The number of nitrogens with zero attached hydrogens (tertiary/aromatic N) is 1. The number of aliphatic hydroxyl groups is 1. The molecular formula is C8H17N3O2. The molecule has 0 aromatic rings. The number of carbonyl (C=O) groups excluding carboxylic acids is 1. The average Bonchev–Trinajstić information content (AvgIpc) is 2.33. The number of carbonyl (C=O) groups is 1. The van der Waals surface area contributed by atoms with Crippen LogP contribution >= 0.6 is 0 Å². The predicted octanol–water partition coefficient (Wildman–Crippen LogP) is -1.87. The van der Waals surface area contributed by atoms with Gasteiger partial charge in [0, 0.05) is 19.6 Å². The summed E-state index contributed by atoms with van der Waals surface area (Å²) >= 11 is 0. The maximum absolute atomic E-state index is 10.9. The SMILES string of the molecule is NC(=O)C(CO)N1CCCNCC1. The van der Waals surface area contributed by atoms with Crippen molar-refractivity contribution in [3.63, 3.8) is 0 Å². The second kappa shape index (κ2) is 5.16. The van der Waals surface area contributed by atoms with Crippen molar-refractivity contribution < 1.29 is 9.90 Å². The summed E-state index contributed by atoms with van der Waals surface area (Å²) in [5.41, 5.74) is 5.17. The lowest BCUT2D eigenvalue weighted by molar-refractivity contribution is -0.124. The second-order valence-electron chi connectivity index (χ2n) is 3.24. The van der Waals surface area contributed by atoms with Crippen LogP contribution in [0.1, 0.15) is 6.42 Å². The van der Waals surface area contributed by atoms with Crippen molar-refractivity contribution in [2.45, 2.75) is 12.5 Å². The van der Waals surface area contributed by atoms with Crippen LogP contribution in [0.25, 0.3) is 0 Å². The van der Waals surface area contributed by atoms with E-state index in [-0.39, 0.29) is 6.61 Å². The Labute approximate surface area is 77.9 Å². The van der Waals surface area contributed by atoms with Gasteiger partial charge in [-0.3, -0.25) is 9.69 Å². The molecule has 1 aliphatic rings. The van der Waals surface area contributed by atoms with Crippen LogP contribution in [0, 0.1) is 0 Å². The van der Waals surface area contributed by atoms with Crippen molar-refractivity contribution in [3.8, 4) is 0 Å². The zero-order valence-electron chi connectivity index (χ0n) is 7.70. The fraction of sp³-hybridized carbons (Fsp3) is 0.875. The van der Waals surface area contributed by atoms with Crippen LogP contribution in [-0.2, 0) is 4.79 Å². The highest BCUT2D eigenvalue weighted by atomic mass is 16.3. The van der Waals surface area contributed by atoms with Gasteiger partial charge in [0.05, 0.1) is 6.61 Å². The van der Waals surface area contributed by atoms with E-state index in [2.05, 4.69) is 5.32 Å². The van der Waals surface area contributed by atoms with Gasteiger partial charge >= 0.3 is 0 Å². The van der Waals surface area contributed by atoms with Gasteiger partial charge in [-0.25, -0.2) is 0 Å². The Hall–Kier alpha value is -0.650. The second-order valence-corrected chi connectivity index (χ2v) is 3.24. The third-order valence-electron chi connectivity index (χ3n) is 2.32. The fourth-order valence-corrected chi connectivity index (χ4v) is 1.56. The molecular weight excluding hydrogens is 170 g/mol. The molecule has 0 saturated carbocycles. The minimum absolute atomic E-state index is 0.185. The summed E-state index contributed by atoms with van der Waals surface area (Å²) in [6, 6.07) is -0.514. The zero-order chi connectivity index (χ0) is 9.68. The summed E-state index contributed by atoms with van der Waals surface area (Å²) in [6.45, 7) is 3.22. The minimum atomic E-state index is -0.514. The molecule has 1 aliphatic heterocycles. The minimum Gasteiger partial charge on any atom is -0.394 e. The monoisotopic (exact) mass is 187 g/mol. The van der Waals surface area contributed by atoms with Gasteiger partial charge in [0.1, 0.15) is 6.04 Å². The van der Waals surface area contributed by atoms with E-state index in [0.29, 0.717) is 0 Å². The van der Waals surface area contributed by atoms with Gasteiger partial charge in [-0.05, 0) is 13.0 Å². The smallest absolute Gasteiger partial charge is 0.237 e. The molecule has 0 spiro atoms. The van der Waals surface area contributed by atoms with Crippen molar-refractivity contribution in [1.82, 2.24) is 10.2 Å². The normalized spacial score (nSPS) is 22.2. The standard InChI is InChI=1S/C8H17N3O2/c9-8(13)7(6-12)11-4-1-2-10-3-5-11/h7,10,12H,1-6H2,(H2,9,13). The number of hydrogen-bond acceptors (Lipinski definition) is 4. The van der Waals surface area contributed by atoms with Gasteiger partial charge in [0.25, 0.3) is 0 Å². The van der Waals surface area contributed by atoms with E-state index in [1.165, 1.54) is 0 Å². The van der Waals surface area contributed by atoms with Gasteiger partial charge in [0.2, 0.25) is 5.91 Å². The Balaban J connectivity index is 2.50. The van der Waals surface area contributed by atoms with E-state index in [1.54, 1.807) is 0 Å². The summed E-state index contributed by atoms with van der Waals surface area (Å²) in [7, 11) is 0. The lowest BCUT2D eigenvalue weighted by Crippen LogP contribution is -2.48. The molecule has 1 amide bonds. The first-order valence-electron chi connectivity index (χ1n) is 4.60. The largest absolute Gasteiger partial charge is 0.394 e. The summed E-state index contributed by atoms with van der Waals surface area (Å²) in [4.78, 5) is 12.9. The molecule has 1 atom stereocenters. The van der Waals surface area contributed by atoms with Crippen molar-refractivity contribution in [3.05, 3.63) is 0 Å². The number of amides is 1. The molecule has 1 saturated heterocycles. The molecule has 1 unspecified atom stereocenters. The summed E-state index contributed by atoms with van der Waals surface area (Å²) < 4.78 is 0. The quantitative estimate of drug-likeness (QED) is 0.483. The Kier molecular flexibility index (Phi) is 4.14. The Morgan fingerprint density at radius 1 is 1.54 bits per heavy atom. The first-order valence-corrected chi connectivity index (χ1v) is 4.60. The van der Waals surface area contributed by atoms with Crippen molar-refractivity contribution in [2.24, 2.45) is 5.73 Å². The number of aliphatic hydroxyl groups excluding tert-OH is 1. The van der Waals surface area contributed by atoms with Gasteiger partial charge in [0.15, 0.2) is 0 Å². The molecule has 0 bridgehead atoms. The average molecular weight is 187 g/mol. The number of nitrogens with one attached hydrogen (secondary N) is 1. The molecule has 4 N–H and O–H groups in total. The van der Waals surface area contributed by atoms with Crippen molar-refractivity contribution >= 4 is 5.91 Å². The van der Waals surface area contributed by atoms with Gasteiger partial charge in [-0.15, -0.1) is 0 Å². The zero-order valence-corrected chi connectivity index (χ0v) is 7.70. The number of rotatable bonds is 3. The number of primary amides is 1. The van der Waals surface area contributed by atoms with Crippen LogP contribution in [0.15, 0.2) is 0 Å². The first kappa shape index (κ1) is 10.4. The maximum Gasteiger partial charge on any atom is 0.237 e. The van der Waals surface area contributed by atoms with Gasteiger partial charge in [-0.2, -0.15) is 0 Å². The van der Waals surface area contributed by atoms with Gasteiger partial charge < -0.3 is 16.2 Å². The molecule has 0 aromatic heterocycles. The van der Waals surface area contributed by atoms with E-state index in [4.69, 9.17) is 10.8 Å². The Bertz CT molecular complexity index is 167. The molecule has 0 aromatic carbocycles. The van der Waals surface area contributed by atoms with E-state index in [1.807, 2.05) is 4.90 Å². The molecule has 1 heterocycles. The molecule has 1 rings (SSSR count). The predicted molar refractivity (Wildman–Crippen MR) is 49.1 cm³/mol. The Morgan fingerprint density at radius 2 is 2.31 bits per heavy atom. The third kappa shape index (κ3) is 2.95. The highest BCUT2D eigenvalue weighted by Crippen LogP contribution is 2.01. The van der Waals surface area contributed by atoms with E-state index < -0.39 is 11.9 Å². The van der Waals surface area contributed by atoms with Crippen LogP contribution in [-0.4, -0.2) is 54.7 Å². The van der Waals surface area contributed by atoms with Crippen LogP contribution in [0.5, 0.6) is 0 Å². The Morgan fingerprint density at radius 3 is 2.92 bits per heavy atom. The number of nitrogens with two attached hydrogens (primary N) is 1. The molecule has 5 nitrogen and oxygen atoms in total. The van der Waals surface area contributed by atoms with Crippen LogP contribution in [0.4, 0.5) is 0 Å². The molecule has 5 heteroatoms. The molecule has 0 aliphatic carbocycles. The van der Waals surface area contributed by atoms with Crippen LogP contribution in [0.3, 0.4) is 0 Å². The fourth-order valence-electron chi connectivity index (χ4n) is 1.56. The van der Waals surface area contributed by atoms with Crippen molar-refractivity contribution in [1.29, 1.82) is 0 Å². The highest BCUT2D eigenvalue weighted by Gasteiger charge is 2.23. The lowest BCUT2D eigenvalue weighted by atomic mass is 10.2.